The quantitative estimate of drug-likeness (QED) is 0.672. The number of rotatable bonds is 4. The van der Waals surface area contributed by atoms with Crippen molar-refractivity contribution in [2.45, 2.75) is 19.3 Å². The van der Waals surface area contributed by atoms with Crippen molar-refractivity contribution in [3.63, 3.8) is 0 Å². The van der Waals surface area contributed by atoms with Gasteiger partial charge in [0.1, 0.15) is 11.5 Å². The SMILES string of the molecule is NCCC1CCN(c2cc(Br)c(F)cc2[N+](=O)[O-])CC1. The molecular weight excluding hydrogens is 329 g/mol. The number of nitrogens with two attached hydrogens (primary N) is 1. The number of benzene rings is 1. The number of nitro groups is 1. The van der Waals surface area contributed by atoms with Crippen LogP contribution in [-0.2, 0) is 0 Å². The summed E-state index contributed by atoms with van der Waals surface area (Å²) in [5.74, 6) is -0.0299. The molecule has 1 aromatic carbocycles. The summed E-state index contributed by atoms with van der Waals surface area (Å²) < 4.78 is 13.7. The first-order valence-electron chi connectivity index (χ1n) is 6.61. The number of halogens is 2. The summed E-state index contributed by atoms with van der Waals surface area (Å²) in [5, 5.41) is 11.1. The second kappa shape index (κ2) is 6.49. The van der Waals surface area contributed by atoms with E-state index in [-0.39, 0.29) is 10.2 Å². The third kappa shape index (κ3) is 3.27. The van der Waals surface area contributed by atoms with Crippen LogP contribution in [0.2, 0.25) is 0 Å². The highest BCUT2D eigenvalue weighted by Gasteiger charge is 2.26. The molecule has 1 saturated heterocycles. The molecule has 2 N–H and O–H groups in total. The van der Waals surface area contributed by atoms with Crippen LogP contribution in [0.25, 0.3) is 0 Å². The monoisotopic (exact) mass is 345 g/mol. The minimum absolute atomic E-state index is 0.178. The number of piperidine rings is 1. The molecule has 1 aliphatic heterocycles. The highest BCUT2D eigenvalue weighted by Crippen LogP contribution is 2.35. The van der Waals surface area contributed by atoms with Crippen LogP contribution in [0.1, 0.15) is 19.3 Å². The van der Waals surface area contributed by atoms with E-state index in [2.05, 4.69) is 15.9 Å². The zero-order valence-corrected chi connectivity index (χ0v) is 12.6. The number of nitrogens with zero attached hydrogens (tertiary/aromatic N) is 2. The molecule has 0 amide bonds. The molecule has 20 heavy (non-hydrogen) atoms. The Morgan fingerprint density at radius 3 is 2.65 bits per heavy atom. The maximum atomic E-state index is 13.5. The van der Waals surface area contributed by atoms with Crippen molar-refractivity contribution < 1.29 is 9.31 Å². The number of hydrogen-bond donors (Lipinski definition) is 1. The average Bonchev–Trinajstić information content (AvgIpc) is 2.42. The van der Waals surface area contributed by atoms with Crippen molar-refractivity contribution in [3.05, 3.63) is 32.5 Å². The van der Waals surface area contributed by atoms with E-state index in [4.69, 9.17) is 5.73 Å². The van der Waals surface area contributed by atoms with E-state index in [1.165, 1.54) is 6.07 Å². The normalized spacial score (nSPS) is 16.4. The summed E-state index contributed by atoms with van der Waals surface area (Å²) in [5.41, 5.74) is 5.86. The van der Waals surface area contributed by atoms with Crippen molar-refractivity contribution >= 4 is 27.3 Å². The van der Waals surface area contributed by atoms with Gasteiger partial charge < -0.3 is 10.6 Å². The van der Waals surface area contributed by atoms with E-state index in [0.29, 0.717) is 18.2 Å². The first-order valence-corrected chi connectivity index (χ1v) is 7.40. The fourth-order valence-corrected chi connectivity index (χ4v) is 2.95. The lowest BCUT2D eigenvalue weighted by atomic mass is 9.93. The van der Waals surface area contributed by atoms with Crippen molar-refractivity contribution in [1.82, 2.24) is 0 Å². The van der Waals surface area contributed by atoms with Gasteiger partial charge in [-0.25, -0.2) is 4.39 Å². The van der Waals surface area contributed by atoms with Crippen LogP contribution in [0.15, 0.2) is 16.6 Å². The largest absolute Gasteiger partial charge is 0.366 e. The minimum atomic E-state index is -0.613. The fraction of sp³-hybridized carbons (Fsp3) is 0.538. The zero-order valence-electron chi connectivity index (χ0n) is 11.0. The van der Waals surface area contributed by atoms with Crippen LogP contribution in [0.5, 0.6) is 0 Å². The molecule has 0 radical (unpaired) electrons. The molecule has 5 nitrogen and oxygen atoms in total. The van der Waals surface area contributed by atoms with Crippen molar-refractivity contribution in [1.29, 1.82) is 0 Å². The van der Waals surface area contributed by atoms with Gasteiger partial charge in [-0.05, 0) is 53.7 Å². The predicted octanol–water partition coefficient (Wildman–Crippen LogP) is 3.06. The Bertz CT molecular complexity index is 505. The van der Waals surface area contributed by atoms with E-state index < -0.39 is 10.7 Å². The maximum Gasteiger partial charge on any atom is 0.295 e. The summed E-state index contributed by atoms with van der Waals surface area (Å²) in [7, 11) is 0. The molecule has 110 valence electrons. The Morgan fingerprint density at radius 1 is 1.45 bits per heavy atom. The zero-order chi connectivity index (χ0) is 14.7. The Morgan fingerprint density at radius 2 is 2.10 bits per heavy atom. The molecule has 0 aromatic heterocycles. The third-order valence-corrected chi connectivity index (χ3v) is 4.35. The van der Waals surface area contributed by atoms with Crippen LogP contribution in [0, 0.1) is 21.8 Å². The molecule has 0 bridgehead atoms. The topological polar surface area (TPSA) is 72.4 Å². The Balaban J connectivity index is 2.21. The lowest BCUT2D eigenvalue weighted by molar-refractivity contribution is -0.384. The van der Waals surface area contributed by atoms with Gasteiger partial charge in [0.05, 0.1) is 15.5 Å². The third-order valence-electron chi connectivity index (χ3n) is 3.74. The molecule has 0 aliphatic carbocycles. The van der Waals surface area contributed by atoms with Gasteiger partial charge in [0.2, 0.25) is 0 Å². The molecule has 1 aliphatic rings. The second-order valence-electron chi connectivity index (χ2n) is 5.02. The van der Waals surface area contributed by atoms with Gasteiger partial charge in [-0.3, -0.25) is 10.1 Å². The molecule has 1 heterocycles. The number of hydrogen-bond acceptors (Lipinski definition) is 4. The van der Waals surface area contributed by atoms with Gasteiger partial charge in [0.25, 0.3) is 5.69 Å². The summed E-state index contributed by atoms with van der Waals surface area (Å²) >= 11 is 3.09. The first-order chi connectivity index (χ1) is 9.52. The fourth-order valence-electron chi connectivity index (χ4n) is 2.62. The molecule has 0 spiro atoms. The van der Waals surface area contributed by atoms with E-state index in [9.17, 15) is 14.5 Å². The summed E-state index contributed by atoms with van der Waals surface area (Å²) in [6.07, 6.45) is 2.91. The molecule has 7 heteroatoms. The van der Waals surface area contributed by atoms with E-state index in [1.807, 2.05) is 4.90 Å². The summed E-state index contributed by atoms with van der Waals surface area (Å²) in [4.78, 5) is 12.5. The molecule has 0 unspecified atom stereocenters. The maximum absolute atomic E-state index is 13.5. The summed E-state index contributed by atoms with van der Waals surface area (Å²) in [6.45, 7) is 2.15. The van der Waals surface area contributed by atoms with E-state index in [0.717, 1.165) is 38.4 Å². The second-order valence-corrected chi connectivity index (χ2v) is 5.87. The van der Waals surface area contributed by atoms with Gasteiger partial charge in [-0.2, -0.15) is 0 Å². The molecule has 1 aromatic rings. The lowest BCUT2D eigenvalue weighted by Gasteiger charge is -2.33. The van der Waals surface area contributed by atoms with Crippen LogP contribution in [-0.4, -0.2) is 24.6 Å². The van der Waals surface area contributed by atoms with Crippen LogP contribution < -0.4 is 10.6 Å². The van der Waals surface area contributed by atoms with Crippen molar-refractivity contribution in [2.24, 2.45) is 11.7 Å². The van der Waals surface area contributed by atoms with Crippen LogP contribution in [0.4, 0.5) is 15.8 Å². The highest BCUT2D eigenvalue weighted by atomic mass is 79.9. The average molecular weight is 346 g/mol. The molecule has 2 rings (SSSR count). The highest BCUT2D eigenvalue weighted by molar-refractivity contribution is 9.10. The van der Waals surface area contributed by atoms with Gasteiger partial charge >= 0.3 is 0 Å². The van der Waals surface area contributed by atoms with Gasteiger partial charge in [-0.1, -0.05) is 0 Å². The number of anilines is 1. The van der Waals surface area contributed by atoms with Gasteiger partial charge in [0, 0.05) is 13.1 Å². The Labute approximate surface area is 125 Å². The molecule has 0 saturated carbocycles. The smallest absolute Gasteiger partial charge is 0.295 e. The van der Waals surface area contributed by atoms with Crippen LogP contribution >= 0.6 is 15.9 Å². The lowest BCUT2D eigenvalue weighted by Crippen LogP contribution is -2.34. The van der Waals surface area contributed by atoms with Crippen molar-refractivity contribution in [3.8, 4) is 0 Å². The van der Waals surface area contributed by atoms with E-state index in [1.54, 1.807) is 0 Å². The first kappa shape index (κ1) is 15.2. The standard InChI is InChI=1S/C13H17BrFN3O2/c14-10-7-12(13(18(19)20)8-11(10)15)17-5-2-9(1-4-16)3-6-17/h7-9H,1-6,16H2. The van der Waals surface area contributed by atoms with E-state index >= 15 is 0 Å². The van der Waals surface area contributed by atoms with Crippen molar-refractivity contribution in [2.75, 3.05) is 24.5 Å². The molecule has 1 fully saturated rings. The minimum Gasteiger partial charge on any atom is -0.366 e. The Hall–Kier alpha value is -1.21. The number of nitro benzene ring substituents is 1. The Kier molecular flexibility index (Phi) is 4.93. The molecule has 0 atom stereocenters. The molecular formula is C13H17BrFN3O2. The van der Waals surface area contributed by atoms with Gasteiger partial charge in [-0.15, -0.1) is 0 Å². The van der Waals surface area contributed by atoms with Crippen LogP contribution in [0.3, 0.4) is 0 Å². The van der Waals surface area contributed by atoms with Gasteiger partial charge in [0.15, 0.2) is 0 Å². The predicted molar refractivity (Wildman–Crippen MR) is 79.4 cm³/mol. The summed E-state index contributed by atoms with van der Waals surface area (Å²) in [6, 6.07) is 2.47.